The summed E-state index contributed by atoms with van der Waals surface area (Å²) >= 11 is 0. The molecule has 178 valence electrons. The highest BCUT2D eigenvalue weighted by Gasteiger charge is 2.04. The minimum Gasteiger partial charge on any atom is -0.481 e. The molecule has 11 heteroatoms. The van der Waals surface area contributed by atoms with E-state index < -0.39 is 12.6 Å². The maximum Gasteiger partial charge on any atom is 0.303 e. The van der Waals surface area contributed by atoms with Crippen molar-refractivity contribution < 1.29 is 47.5 Å². The van der Waals surface area contributed by atoms with E-state index in [-0.39, 0.29) is 25.4 Å². The summed E-state index contributed by atoms with van der Waals surface area (Å²) < 4.78 is 43.3. The first kappa shape index (κ1) is 28.6. The van der Waals surface area contributed by atoms with Gasteiger partial charge in [-0.3, -0.25) is 9.59 Å². The summed E-state index contributed by atoms with van der Waals surface area (Å²) in [6.07, 6.45) is 0.484. The summed E-state index contributed by atoms with van der Waals surface area (Å²) in [5, 5.41) is 11.1. The molecule has 0 aliphatic rings. The van der Waals surface area contributed by atoms with E-state index in [1.165, 1.54) is 0 Å². The van der Waals surface area contributed by atoms with Gasteiger partial charge in [-0.15, -0.1) is 0 Å². The zero-order valence-corrected chi connectivity index (χ0v) is 17.6. The van der Waals surface area contributed by atoms with Crippen LogP contribution >= 0.6 is 0 Å². The summed E-state index contributed by atoms with van der Waals surface area (Å²) in [5.74, 6) is -1.25. The van der Waals surface area contributed by atoms with Gasteiger partial charge in [-0.25, -0.2) is 4.39 Å². The minimum atomic E-state index is -0.983. The van der Waals surface area contributed by atoms with E-state index in [0.29, 0.717) is 85.6 Å². The van der Waals surface area contributed by atoms with Gasteiger partial charge in [0.1, 0.15) is 6.67 Å². The molecule has 0 bridgehead atoms. The van der Waals surface area contributed by atoms with Crippen LogP contribution in [0.4, 0.5) is 4.39 Å². The summed E-state index contributed by atoms with van der Waals surface area (Å²) in [5.41, 5.74) is 0. The van der Waals surface area contributed by atoms with Gasteiger partial charge in [-0.05, 0) is 6.42 Å². The maximum absolute atomic E-state index is 11.7. The fourth-order valence-electron chi connectivity index (χ4n) is 1.97. The highest BCUT2D eigenvalue weighted by atomic mass is 19.1. The van der Waals surface area contributed by atoms with Crippen LogP contribution < -0.4 is 5.32 Å². The smallest absolute Gasteiger partial charge is 0.303 e. The molecule has 0 aromatic heterocycles. The molecule has 0 rings (SSSR count). The molecule has 0 unspecified atom stereocenters. The van der Waals surface area contributed by atoms with Crippen LogP contribution in [-0.2, 0) is 38.0 Å². The zero-order valence-electron chi connectivity index (χ0n) is 17.6. The average molecular weight is 441 g/mol. The molecule has 30 heavy (non-hydrogen) atoms. The Kier molecular flexibility index (Phi) is 22.8. The monoisotopic (exact) mass is 441 g/mol. The summed E-state index contributed by atoms with van der Waals surface area (Å²) in [7, 11) is 0. The molecule has 0 atom stereocenters. The SMILES string of the molecule is O=C(O)CCC(=O)NCCCOCCOCCOCCOCCOCCOCCF. The van der Waals surface area contributed by atoms with Crippen LogP contribution in [0, 0.1) is 0 Å². The largest absolute Gasteiger partial charge is 0.481 e. The third kappa shape index (κ3) is 24.7. The molecule has 1 amide bonds. The van der Waals surface area contributed by atoms with Crippen molar-refractivity contribution in [2.45, 2.75) is 19.3 Å². The van der Waals surface area contributed by atoms with Crippen LogP contribution in [-0.4, -0.2) is 109 Å². The molecule has 0 aromatic carbocycles. The lowest BCUT2D eigenvalue weighted by atomic mass is 10.3. The number of halogens is 1. The second kappa shape index (κ2) is 23.9. The van der Waals surface area contributed by atoms with Gasteiger partial charge in [0, 0.05) is 19.6 Å². The molecule has 0 aliphatic heterocycles. The number of nitrogens with one attached hydrogen (secondary N) is 1. The highest BCUT2D eigenvalue weighted by molar-refractivity contribution is 5.80. The van der Waals surface area contributed by atoms with Crippen molar-refractivity contribution in [3.05, 3.63) is 0 Å². The van der Waals surface area contributed by atoms with Gasteiger partial charge in [0.2, 0.25) is 5.91 Å². The Balaban J connectivity index is 3.08. The average Bonchev–Trinajstić information content (AvgIpc) is 2.73. The number of amides is 1. The van der Waals surface area contributed by atoms with Gasteiger partial charge in [-0.2, -0.15) is 0 Å². The standard InChI is InChI=1S/C19H36FNO9/c20-4-7-26-9-11-28-13-15-30-17-16-29-14-12-27-10-8-25-6-1-5-21-18(22)2-3-19(23)24/h1-17H2,(H,21,22)(H,23,24). The van der Waals surface area contributed by atoms with Gasteiger partial charge in [0.25, 0.3) is 0 Å². The second-order valence-corrected chi connectivity index (χ2v) is 5.96. The molecule has 0 saturated heterocycles. The Hall–Kier alpha value is -1.37. The first-order chi connectivity index (χ1) is 14.7. The van der Waals surface area contributed by atoms with E-state index in [2.05, 4.69) is 5.32 Å². The summed E-state index contributed by atoms with van der Waals surface area (Å²) in [6, 6.07) is 0. The zero-order chi connectivity index (χ0) is 22.1. The van der Waals surface area contributed by atoms with Crippen LogP contribution in [0.5, 0.6) is 0 Å². The van der Waals surface area contributed by atoms with E-state index in [4.69, 9.17) is 33.5 Å². The Bertz CT molecular complexity index is 402. The molecule has 0 spiro atoms. The molecule has 0 saturated carbocycles. The molecule has 0 aliphatic carbocycles. The van der Waals surface area contributed by atoms with Crippen molar-refractivity contribution in [1.29, 1.82) is 0 Å². The summed E-state index contributed by atoms with van der Waals surface area (Å²) in [6.45, 7) is 5.07. The van der Waals surface area contributed by atoms with Gasteiger partial charge in [0.05, 0.1) is 79.1 Å². The molecule has 0 fully saturated rings. The fraction of sp³-hybridized carbons (Fsp3) is 0.895. The van der Waals surface area contributed by atoms with E-state index in [0.717, 1.165) is 0 Å². The number of ether oxygens (including phenoxy) is 6. The number of rotatable bonds is 24. The van der Waals surface area contributed by atoms with E-state index in [1.807, 2.05) is 0 Å². The third-order valence-corrected chi connectivity index (χ3v) is 3.44. The first-order valence-electron chi connectivity index (χ1n) is 10.2. The lowest BCUT2D eigenvalue weighted by molar-refractivity contribution is -0.138. The van der Waals surface area contributed by atoms with Crippen molar-refractivity contribution in [2.24, 2.45) is 0 Å². The molecule has 2 N–H and O–H groups in total. The van der Waals surface area contributed by atoms with Crippen molar-refractivity contribution in [3.8, 4) is 0 Å². The number of carboxylic acid groups (broad SMARTS) is 1. The van der Waals surface area contributed by atoms with E-state index >= 15 is 0 Å². The van der Waals surface area contributed by atoms with Crippen LogP contribution in [0.25, 0.3) is 0 Å². The number of carbonyl (C=O) groups excluding carboxylic acids is 1. The summed E-state index contributed by atoms with van der Waals surface area (Å²) in [4.78, 5) is 21.6. The van der Waals surface area contributed by atoms with Gasteiger partial charge in [-0.1, -0.05) is 0 Å². The predicted octanol–water partition coefficient (Wildman–Crippen LogP) is 0.427. The number of aliphatic carboxylic acids is 1. The minimum absolute atomic E-state index is 0.00794. The van der Waals surface area contributed by atoms with Crippen LogP contribution in [0.15, 0.2) is 0 Å². The number of carbonyl (C=O) groups is 2. The van der Waals surface area contributed by atoms with Crippen molar-refractivity contribution in [3.63, 3.8) is 0 Å². The Morgan fingerprint density at radius 2 is 1.03 bits per heavy atom. The Labute approximate surface area is 177 Å². The van der Waals surface area contributed by atoms with Gasteiger partial charge >= 0.3 is 5.97 Å². The molecular formula is C19H36FNO9. The molecule has 10 nitrogen and oxygen atoms in total. The van der Waals surface area contributed by atoms with Gasteiger partial charge in [0.15, 0.2) is 0 Å². The van der Waals surface area contributed by atoms with E-state index in [1.54, 1.807) is 0 Å². The molecular weight excluding hydrogens is 405 g/mol. The first-order valence-corrected chi connectivity index (χ1v) is 10.2. The van der Waals surface area contributed by atoms with Crippen molar-refractivity contribution >= 4 is 11.9 Å². The Morgan fingerprint density at radius 3 is 1.43 bits per heavy atom. The molecule has 0 radical (unpaired) electrons. The topological polar surface area (TPSA) is 122 Å². The van der Waals surface area contributed by atoms with Crippen LogP contribution in [0.1, 0.15) is 19.3 Å². The van der Waals surface area contributed by atoms with Crippen molar-refractivity contribution in [2.75, 3.05) is 92.5 Å². The number of alkyl halides is 1. The Morgan fingerprint density at radius 1 is 0.633 bits per heavy atom. The maximum atomic E-state index is 11.7. The normalized spacial score (nSPS) is 11.0. The third-order valence-electron chi connectivity index (χ3n) is 3.44. The van der Waals surface area contributed by atoms with Crippen molar-refractivity contribution in [1.82, 2.24) is 5.32 Å². The molecule has 0 aromatic rings. The lowest BCUT2D eigenvalue weighted by Crippen LogP contribution is -2.25. The molecule has 0 heterocycles. The van der Waals surface area contributed by atoms with E-state index in [9.17, 15) is 14.0 Å². The number of hydrogen-bond acceptors (Lipinski definition) is 8. The predicted molar refractivity (Wildman–Crippen MR) is 105 cm³/mol. The lowest BCUT2D eigenvalue weighted by Gasteiger charge is -2.08. The quantitative estimate of drug-likeness (QED) is 0.205. The number of carboxylic acids is 1. The van der Waals surface area contributed by atoms with Crippen LogP contribution in [0.3, 0.4) is 0 Å². The second-order valence-electron chi connectivity index (χ2n) is 5.96. The number of hydrogen-bond donors (Lipinski definition) is 2. The fourth-order valence-corrected chi connectivity index (χ4v) is 1.97. The van der Waals surface area contributed by atoms with Crippen LogP contribution in [0.2, 0.25) is 0 Å². The van der Waals surface area contributed by atoms with Gasteiger partial charge < -0.3 is 38.8 Å². The highest BCUT2D eigenvalue weighted by Crippen LogP contribution is 1.90.